The number of aromatic amines is 1. The Morgan fingerprint density at radius 1 is 0.956 bits per heavy atom. The van der Waals surface area contributed by atoms with Gasteiger partial charge in [0.2, 0.25) is 0 Å². The number of H-pyrrole nitrogens is 1. The number of aromatic nitrogens is 7. The molecule has 6 N–H and O–H groups in total. The second kappa shape index (κ2) is 10.9. The molecule has 0 aliphatic carbocycles. The Morgan fingerprint density at radius 3 is 2.40 bits per heavy atom. The van der Waals surface area contributed by atoms with Crippen LogP contribution in [-0.4, -0.2) is 98.9 Å². The van der Waals surface area contributed by atoms with Crippen LogP contribution >= 0.6 is 15.6 Å². The number of nitrogen functional groups attached to an aromatic ring is 1. The Labute approximate surface area is 247 Å². The molecule has 0 aromatic carbocycles. The molecule has 3 saturated heterocycles. The highest BCUT2D eigenvalue weighted by molar-refractivity contribution is 7.47. The number of aliphatic hydroxyl groups is 1. The first-order valence-electron chi connectivity index (χ1n) is 12.9. The maximum absolute atomic E-state index is 15.9. The maximum atomic E-state index is 15.9. The molecule has 45 heavy (non-hydrogen) atoms. The number of ether oxygens (including phenoxy) is 2. The first-order valence-corrected chi connectivity index (χ1v) is 15.9. The third kappa shape index (κ3) is 5.26. The van der Waals surface area contributed by atoms with E-state index in [2.05, 4.69) is 24.9 Å². The van der Waals surface area contributed by atoms with E-state index in [1.165, 1.54) is 0 Å². The number of phosphoric ester groups is 2. The predicted octanol–water partition coefficient (Wildman–Crippen LogP) is -0.202. The fourth-order valence-electron chi connectivity index (χ4n) is 5.37. The number of hydrogen-bond donors (Lipinski definition) is 5. The lowest BCUT2D eigenvalue weighted by molar-refractivity contribution is -0.0670. The molecule has 3 aliphatic rings. The molecular weight excluding hydrogens is 656 g/mol. The van der Waals surface area contributed by atoms with Gasteiger partial charge in [-0.15, -0.1) is 0 Å². The molecule has 0 saturated carbocycles. The molecular formula is C21H22F2N8O12P2. The number of fused-ring (bicyclic) bond motifs is 5. The summed E-state index contributed by atoms with van der Waals surface area (Å²) in [6, 6.07) is 0. The van der Waals surface area contributed by atoms with Crippen molar-refractivity contribution in [3.63, 3.8) is 0 Å². The summed E-state index contributed by atoms with van der Waals surface area (Å²) >= 11 is 0. The number of phosphoric acid groups is 2. The van der Waals surface area contributed by atoms with Gasteiger partial charge in [-0.3, -0.25) is 27.5 Å². The van der Waals surface area contributed by atoms with E-state index in [0.717, 1.165) is 34.3 Å². The topological polar surface area (TPSA) is 271 Å². The van der Waals surface area contributed by atoms with Gasteiger partial charge in [0, 0.05) is 6.20 Å². The number of hydrogen-bond acceptors (Lipinski definition) is 15. The van der Waals surface area contributed by atoms with Crippen LogP contribution in [0, 0.1) is 5.82 Å². The second-order valence-electron chi connectivity index (χ2n) is 10.1. The van der Waals surface area contributed by atoms with Crippen LogP contribution in [0.3, 0.4) is 0 Å². The van der Waals surface area contributed by atoms with Crippen molar-refractivity contribution < 1.29 is 60.4 Å². The number of anilines is 1. The molecule has 4 aromatic rings. The van der Waals surface area contributed by atoms with Crippen LogP contribution in [0.2, 0.25) is 0 Å². The van der Waals surface area contributed by atoms with Gasteiger partial charge in [0.05, 0.1) is 25.9 Å². The molecule has 3 aliphatic heterocycles. The highest BCUT2D eigenvalue weighted by Crippen LogP contribution is 2.54. The van der Waals surface area contributed by atoms with Gasteiger partial charge in [-0.2, -0.15) is 0 Å². The molecule has 10 atom stereocenters. The Bertz CT molecular complexity index is 1940. The standard InChI is InChI=1S/C21H22F2N8O12P2/c22-7-1-30(17-10(7)19(33)28-5-26-17)21-15-13(32)8(40-21)2-38-44(34,35)42-14-9(3-39-45(36,37)43-15)41-20(11(14)23)31-6-29-12-16(24)25-4-27-18(12)31/h1,4-6,8-9,11,13-15,20-21,32H,2-3H2,(H,34,35)(H,36,37)(H2,24,25,27)(H,26,28,33)/t8-,9?,11-,13-,14-,15-,20-,21-/m1/s1. The zero-order chi connectivity index (χ0) is 31.8. The van der Waals surface area contributed by atoms with Crippen molar-refractivity contribution in [3.05, 3.63) is 41.3 Å². The van der Waals surface area contributed by atoms with E-state index in [0.29, 0.717) is 0 Å². The van der Waals surface area contributed by atoms with Crippen LogP contribution in [0.5, 0.6) is 0 Å². The van der Waals surface area contributed by atoms with Crippen molar-refractivity contribution in [2.24, 2.45) is 0 Å². The van der Waals surface area contributed by atoms with Crippen molar-refractivity contribution in [1.29, 1.82) is 0 Å². The monoisotopic (exact) mass is 678 g/mol. The number of rotatable bonds is 2. The Morgan fingerprint density at radius 2 is 1.64 bits per heavy atom. The fraction of sp³-hybridized carbons (Fsp3) is 0.476. The predicted molar refractivity (Wildman–Crippen MR) is 140 cm³/mol. The molecule has 4 aromatic heterocycles. The van der Waals surface area contributed by atoms with Crippen LogP contribution in [-0.2, 0) is 36.7 Å². The highest BCUT2D eigenvalue weighted by atomic mass is 31.2. The van der Waals surface area contributed by atoms with E-state index >= 15 is 4.39 Å². The van der Waals surface area contributed by atoms with Crippen molar-refractivity contribution in [2.75, 3.05) is 18.9 Å². The third-order valence-electron chi connectivity index (χ3n) is 7.40. The molecule has 3 fully saturated rings. The average molecular weight is 678 g/mol. The van der Waals surface area contributed by atoms with E-state index in [1.807, 2.05) is 0 Å². The number of nitrogens with zero attached hydrogens (tertiary/aromatic N) is 6. The van der Waals surface area contributed by atoms with E-state index in [4.69, 9.17) is 33.3 Å². The quantitative estimate of drug-likeness (QED) is 0.172. The fourth-order valence-corrected chi connectivity index (χ4v) is 7.26. The van der Waals surface area contributed by atoms with Gasteiger partial charge in [-0.05, 0) is 0 Å². The zero-order valence-electron chi connectivity index (χ0n) is 22.3. The lowest BCUT2D eigenvalue weighted by Crippen LogP contribution is -2.35. The van der Waals surface area contributed by atoms with Crippen LogP contribution in [0.25, 0.3) is 22.2 Å². The van der Waals surface area contributed by atoms with Gasteiger partial charge in [-0.25, -0.2) is 37.8 Å². The SMILES string of the molecule is Nc1ncnc2c1ncn2[C@@H]1OC2COP(=O)(O)O[C@@H]3[C@H](O)[C@@H](COP(=O)(O)O[C@H]2[C@H]1F)O[C@H]3n1cc(F)c2c(=O)[nH]cnc21. The number of nitrogens with one attached hydrogen (secondary N) is 1. The van der Waals surface area contributed by atoms with Gasteiger partial charge in [0.1, 0.15) is 47.8 Å². The first kappa shape index (κ1) is 30.4. The molecule has 0 spiro atoms. The minimum absolute atomic E-state index is 0.0171. The van der Waals surface area contributed by atoms with Crippen LogP contribution < -0.4 is 11.3 Å². The minimum atomic E-state index is -5.21. The van der Waals surface area contributed by atoms with Crippen molar-refractivity contribution in [2.45, 2.75) is 49.1 Å². The van der Waals surface area contributed by atoms with Gasteiger partial charge in [0.25, 0.3) is 5.56 Å². The summed E-state index contributed by atoms with van der Waals surface area (Å²) in [5.74, 6) is -1.06. The number of imidazole rings is 1. The number of nitrogens with two attached hydrogens (primary N) is 1. The smallest absolute Gasteiger partial charge is 0.387 e. The van der Waals surface area contributed by atoms with Crippen LogP contribution in [0.1, 0.15) is 12.5 Å². The van der Waals surface area contributed by atoms with Crippen molar-refractivity contribution in [3.8, 4) is 0 Å². The van der Waals surface area contributed by atoms with Crippen molar-refractivity contribution >= 4 is 43.7 Å². The summed E-state index contributed by atoms with van der Waals surface area (Å²) in [5.41, 5.74) is 4.81. The second-order valence-corrected chi connectivity index (χ2v) is 12.9. The summed E-state index contributed by atoms with van der Waals surface area (Å²) < 4.78 is 90.5. The van der Waals surface area contributed by atoms with Gasteiger partial charge in [0.15, 0.2) is 41.6 Å². The van der Waals surface area contributed by atoms with E-state index in [9.17, 15) is 33.2 Å². The summed E-state index contributed by atoms with van der Waals surface area (Å²) in [4.78, 5) is 51.3. The third-order valence-corrected chi connectivity index (χ3v) is 9.37. The van der Waals surface area contributed by atoms with Crippen molar-refractivity contribution in [1.82, 2.24) is 34.1 Å². The average Bonchev–Trinajstić information content (AvgIpc) is 3.71. The molecule has 20 nitrogen and oxygen atoms in total. The van der Waals surface area contributed by atoms with Crippen LogP contribution in [0.15, 0.2) is 30.0 Å². The molecule has 242 valence electrons. The molecule has 0 amide bonds. The normalized spacial score (nSPS) is 37.7. The molecule has 0 radical (unpaired) electrons. The largest absolute Gasteiger partial charge is 0.472 e. The Kier molecular flexibility index (Phi) is 7.37. The number of aliphatic hydroxyl groups excluding tert-OH is 1. The van der Waals surface area contributed by atoms with E-state index in [-0.39, 0.29) is 22.6 Å². The van der Waals surface area contributed by atoms with Gasteiger partial charge < -0.3 is 39.7 Å². The molecule has 3 unspecified atom stereocenters. The number of alkyl halides is 1. The van der Waals surface area contributed by atoms with Gasteiger partial charge >= 0.3 is 15.6 Å². The molecule has 7 rings (SSSR count). The zero-order valence-corrected chi connectivity index (χ0v) is 24.1. The molecule has 2 bridgehead atoms. The van der Waals surface area contributed by atoms with Crippen LogP contribution in [0.4, 0.5) is 14.6 Å². The summed E-state index contributed by atoms with van der Waals surface area (Å²) in [6.07, 6.45) is -10.3. The summed E-state index contributed by atoms with van der Waals surface area (Å²) in [5, 5.41) is 10.5. The Hall–Kier alpha value is -3.27. The number of halogens is 2. The minimum Gasteiger partial charge on any atom is -0.387 e. The summed E-state index contributed by atoms with van der Waals surface area (Å²) in [7, 11) is -10.4. The maximum Gasteiger partial charge on any atom is 0.472 e. The van der Waals surface area contributed by atoms with Gasteiger partial charge in [-0.1, -0.05) is 0 Å². The Balaban J connectivity index is 1.21. The lowest BCUT2D eigenvalue weighted by atomic mass is 10.1. The lowest BCUT2D eigenvalue weighted by Gasteiger charge is -2.25. The first-order chi connectivity index (χ1) is 21.3. The highest BCUT2D eigenvalue weighted by Gasteiger charge is 2.54. The molecule has 24 heteroatoms. The van der Waals surface area contributed by atoms with E-state index < -0.39 is 94.8 Å². The van der Waals surface area contributed by atoms with E-state index in [1.54, 1.807) is 0 Å². The summed E-state index contributed by atoms with van der Waals surface area (Å²) in [6.45, 7) is -1.85. The molecule has 7 heterocycles.